The van der Waals surface area contributed by atoms with Crippen molar-refractivity contribution in [2.24, 2.45) is 11.8 Å². The summed E-state index contributed by atoms with van der Waals surface area (Å²) in [6.07, 6.45) is 1.98. The molecular formula is C21H23FN2O4. The number of methoxy groups -OCH3 is 1. The van der Waals surface area contributed by atoms with Gasteiger partial charge in [0, 0.05) is 19.3 Å². The molecule has 1 aliphatic heterocycles. The first-order chi connectivity index (χ1) is 13.5. The molecule has 1 aromatic carbocycles. The molecule has 0 unspecified atom stereocenters. The second-order valence-electron chi connectivity index (χ2n) is 7.44. The minimum Gasteiger partial charge on any atom is -0.488 e. The van der Waals surface area contributed by atoms with Crippen LogP contribution < -0.4 is 9.64 Å². The Labute approximate surface area is 162 Å². The molecule has 2 fully saturated rings. The third-order valence-corrected chi connectivity index (χ3v) is 5.69. The third kappa shape index (κ3) is 3.67. The van der Waals surface area contributed by atoms with E-state index in [1.807, 2.05) is 4.90 Å². The monoisotopic (exact) mass is 386 g/mol. The van der Waals surface area contributed by atoms with Crippen molar-refractivity contribution < 1.29 is 23.8 Å². The molecule has 0 spiro atoms. The molecule has 1 aliphatic carbocycles. The molecule has 2 aromatic rings. The van der Waals surface area contributed by atoms with Crippen LogP contribution in [-0.2, 0) is 4.74 Å². The van der Waals surface area contributed by atoms with Gasteiger partial charge in [0.25, 0.3) is 0 Å². The number of halogens is 1. The van der Waals surface area contributed by atoms with Gasteiger partial charge in [0.1, 0.15) is 11.9 Å². The van der Waals surface area contributed by atoms with Crippen molar-refractivity contribution in [2.75, 3.05) is 25.1 Å². The number of hydrogen-bond acceptors (Lipinski definition) is 6. The molecular weight excluding hydrogens is 363 g/mol. The number of carbonyl (C=O) groups excluding carboxylic acids is 1. The molecule has 0 bridgehead atoms. The Morgan fingerprint density at radius 2 is 1.89 bits per heavy atom. The fourth-order valence-electron chi connectivity index (χ4n) is 4.26. The maximum atomic E-state index is 14.1. The summed E-state index contributed by atoms with van der Waals surface area (Å²) in [4.78, 5) is 17.7. The number of carbonyl (C=O) groups is 1. The highest BCUT2D eigenvalue weighted by atomic mass is 19.1. The van der Waals surface area contributed by atoms with Gasteiger partial charge in [-0.3, -0.25) is 0 Å². The highest BCUT2D eigenvalue weighted by molar-refractivity contribution is 5.89. The largest absolute Gasteiger partial charge is 0.488 e. The highest BCUT2D eigenvalue weighted by Gasteiger charge is 2.43. The topological polar surface area (TPSA) is 71.9 Å². The smallest absolute Gasteiger partial charge is 0.337 e. The van der Waals surface area contributed by atoms with Crippen LogP contribution in [0.5, 0.6) is 5.75 Å². The summed E-state index contributed by atoms with van der Waals surface area (Å²) in [5.74, 6) is 0.852. The van der Waals surface area contributed by atoms with E-state index in [4.69, 9.17) is 4.74 Å². The lowest BCUT2D eigenvalue weighted by Gasteiger charge is -2.35. The summed E-state index contributed by atoms with van der Waals surface area (Å²) in [5.41, 5.74) is 0.447. The molecule has 2 aliphatic rings. The lowest BCUT2D eigenvalue weighted by atomic mass is 9.78. The zero-order valence-electron chi connectivity index (χ0n) is 15.6. The second kappa shape index (κ2) is 7.75. The molecule has 1 saturated carbocycles. The van der Waals surface area contributed by atoms with Crippen molar-refractivity contribution in [2.45, 2.75) is 25.0 Å². The van der Waals surface area contributed by atoms with Crippen LogP contribution in [-0.4, -0.2) is 48.5 Å². The van der Waals surface area contributed by atoms with Gasteiger partial charge in [0.2, 0.25) is 0 Å². The van der Waals surface area contributed by atoms with E-state index in [1.54, 1.807) is 36.5 Å². The maximum Gasteiger partial charge on any atom is 0.337 e. The predicted octanol–water partition coefficient (Wildman–Crippen LogP) is 2.66. The molecule has 148 valence electrons. The number of aromatic nitrogens is 1. The fourth-order valence-corrected chi connectivity index (χ4v) is 4.26. The Bertz CT molecular complexity index is 845. The predicted molar refractivity (Wildman–Crippen MR) is 101 cm³/mol. The molecule has 4 atom stereocenters. The second-order valence-corrected chi connectivity index (χ2v) is 7.44. The van der Waals surface area contributed by atoms with E-state index in [0.717, 1.165) is 0 Å². The van der Waals surface area contributed by atoms with E-state index in [0.29, 0.717) is 49.0 Å². The Morgan fingerprint density at radius 1 is 1.18 bits per heavy atom. The normalized spacial score (nSPS) is 26.6. The lowest BCUT2D eigenvalue weighted by molar-refractivity contribution is -0.0231. The summed E-state index contributed by atoms with van der Waals surface area (Å²) in [7, 11) is 1.34. The summed E-state index contributed by atoms with van der Waals surface area (Å²) >= 11 is 0. The van der Waals surface area contributed by atoms with Crippen molar-refractivity contribution in [3.63, 3.8) is 0 Å². The van der Waals surface area contributed by atoms with Crippen LogP contribution in [0.1, 0.15) is 23.2 Å². The average Bonchev–Trinajstić information content (AvgIpc) is 3.11. The molecule has 1 saturated heterocycles. The SMILES string of the molecule is COC(=O)c1ccc(O[C@@H]2C[C@@H]3CN(c4ncccc4F)C[C@@H]3C[C@H]2O)cc1. The molecule has 0 amide bonds. The number of benzene rings is 1. The number of rotatable bonds is 4. The summed E-state index contributed by atoms with van der Waals surface area (Å²) in [6.45, 7) is 1.39. The Morgan fingerprint density at radius 3 is 2.57 bits per heavy atom. The van der Waals surface area contributed by atoms with Crippen LogP contribution >= 0.6 is 0 Å². The quantitative estimate of drug-likeness (QED) is 0.815. The number of esters is 1. The molecule has 7 heteroatoms. The Balaban J connectivity index is 1.42. The van der Waals surface area contributed by atoms with Crippen LogP contribution in [0.3, 0.4) is 0 Å². The van der Waals surface area contributed by atoms with Crippen molar-refractivity contribution in [3.8, 4) is 5.75 Å². The molecule has 4 rings (SSSR count). The van der Waals surface area contributed by atoms with E-state index < -0.39 is 12.1 Å². The minimum absolute atomic E-state index is 0.290. The first-order valence-electron chi connectivity index (χ1n) is 9.43. The van der Waals surface area contributed by atoms with Crippen LogP contribution in [0.25, 0.3) is 0 Å². The Kier molecular flexibility index (Phi) is 5.17. The van der Waals surface area contributed by atoms with Gasteiger partial charge in [0.15, 0.2) is 11.6 Å². The number of hydrogen-bond donors (Lipinski definition) is 1. The number of fused-ring (bicyclic) bond motifs is 1. The van der Waals surface area contributed by atoms with Crippen molar-refractivity contribution in [1.82, 2.24) is 4.98 Å². The van der Waals surface area contributed by atoms with Gasteiger partial charge in [-0.15, -0.1) is 0 Å². The summed E-state index contributed by atoms with van der Waals surface area (Å²) in [5, 5.41) is 10.6. The molecule has 6 nitrogen and oxygen atoms in total. The zero-order chi connectivity index (χ0) is 19.7. The number of anilines is 1. The first-order valence-corrected chi connectivity index (χ1v) is 9.43. The summed E-state index contributed by atoms with van der Waals surface area (Å²) in [6, 6.07) is 9.69. The van der Waals surface area contributed by atoms with E-state index in [2.05, 4.69) is 9.72 Å². The van der Waals surface area contributed by atoms with Gasteiger partial charge in [-0.1, -0.05) is 0 Å². The average molecular weight is 386 g/mol. The molecule has 28 heavy (non-hydrogen) atoms. The van der Waals surface area contributed by atoms with Crippen molar-refractivity contribution >= 4 is 11.8 Å². The minimum atomic E-state index is -0.588. The number of pyridine rings is 1. The molecule has 1 N–H and O–H groups in total. The van der Waals surface area contributed by atoms with Crippen LogP contribution in [0.15, 0.2) is 42.6 Å². The van der Waals surface area contributed by atoms with Crippen LogP contribution in [0, 0.1) is 17.7 Å². The summed E-state index contributed by atoms with van der Waals surface area (Å²) < 4.78 is 24.8. The third-order valence-electron chi connectivity index (χ3n) is 5.69. The Hall–Kier alpha value is -2.67. The van der Waals surface area contributed by atoms with E-state index in [-0.39, 0.29) is 17.8 Å². The first kappa shape index (κ1) is 18.7. The number of nitrogens with zero attached hydrogens (tertiary/aromatic N) is 2. The molecule has 0 radical (unpaired) electrons. The van der Waals surface area contributed by atoms with Crippen LogP contribution in [0.2, 0.25) is 0 Å². The molecule has 1 aromatic heterocycles. The van der Waals surface area contributed by atoms with E-state index in [9.17, 15) is 14.3 Å². The highest BCUT2D eigenvalue weighted by Crippen LogP contribution is 2.39. The lowest BCUT2D eigenvalue weighted by Crippen LogP contribution is -2.42. The van der Waals surface area contributed by atoms with Crippen molar-refractivity contribution in [3.05, 3.63) is 54.0 Å². The van der Waals surface area contributed by atoms with Gasteiger partial charge < -0.3 is 19.5 Å². The zero-order valence-corrected chi connectivity index (χ0v) is 15.6. The van der Waals surface area contributed by atoms with Crippen molar-refractivity contribution in [1.29, 1.82) is 0 Å². The number of aliphatic hydroxyl groups excluding tert-OH is 1. The van der Waals surface area contributed by atoms with Gasteiger partial charge in [-0.05, 0) is 61.1 Å². The number of aliphatic hydroxyl groups is 1. The van der Waals surface area contributed by atoms with Gasteiger partial charge in [-0.25, -0.2) is 14.2 Å². The van der Waals surface area contributed by atoms with Gasteiger partial charge in [0.05, 0.1) is 18.8 Å². The van der Waals surface area contributed by atoms with Crippen LogP contribution in [0.4, 0.5) is 10.2 Å². The maximum absolute atomic E-state index is 14.1. The standard InChI is InChI=1S/C21H23FN2O4/c1-27-21(26)13-4-6-16(7-5-13)28-19-10-15-12-24(11-14(15)9-18(19)25)20-17(22)3-2-8-23-20/h2-8,14-15,18-19,25H,9-12H2,1H3/t14-,15+,18+,19+/m0/s1. The molecule has 2 heterocycles. The van der Waals surface area contributed by atoms with E-state index >= 15 is 0 Å². The number of ether oxygens (including phenoxy) is 2. The fraction of sp³-hybridized carbons (Fsp3) is 0.429. The van der Waals surface area contributed by atoms with Gasteiger partial charge >= 0.3 is 5.97 Å². The van der Waals surface area contributed by atoms with E-state index in [1.165, 1.54) is 13.2 Å². The van der Waals surface area contributed by atoms with Gasteiger partial charge in [-0.2, -0.15) is 0 Å².